The van der Waals surface area contributed by atoms with E-state index in [1.54, 1.807) is 6.92 Å². The van der Waals surface area contributed by atoms with Gasteiger partial charge in [-0.2, -0.15) is 0 Å². The van der Waals surface area contributed by atoms with Crippen molar-refractivity contribution in [2.45, 2.75) is 64.1 Å². The summed E-state index contributed by atoms with van der Waals surface area (Å²) in [6.07, 6.45) is 1.51. The topological polar surface area (TPSA) is 174 Å². The minimum Gasteiger partial charge on any atom is -0.481 e. The number of nitrogens with one attached hydrogen (secondary N) is 4. The van der Waals surface area contributed by atoms with Crippen LogP contribution in [0.25, 0.3) is 0 Å². The average molecular weight is 414 g/mol. The van der Waals surface area contributed by atoms with E-state index in [9.17, 15) is 24.0 Å². The van der Waals surface area contributed by atoms with Gasteiger partial charge >= 0.3 is 11.9 Å². The number of carboxylic acid groups (broad SMARTS) is 2. The molecule has 3 amide bonds. The quantitative estimate of drug-likeness (QED) is 0.231. The van der Waals surface area contributed by atoms with Crippen molar-refractivity contribution in [3.05, 3.63) is 0 Å². The van der Waals surface area contributed by atoms with Gasteiger partial charge in [-0.15, -0.1) is 0 Å². The fourth-order valence-electron chi connectivity index (χ4n) is 2.95. The molecule has 4 atom stereocenters. The highest BCUT2D eigenvalue weighted by molar-refractivity contribution is 5.94. The zero-order valence-electron chi connectivity index (χ0n) is 16.7. The van der Waals surface area contributed by atoms with Crippen LogP contribution < -0.4 is 21.3 Å². The number of carbonyl (C=O) groups excluding carboxylic acids is 3. The molecule has 0 aromatic heterocycles. The van der Waals surface area contributed by atoms with Gasteiger partial charge in [0.05, 0.1) is 6.04 Å². The van der Waals surface area contributed by atoms with Crippen molar-refractivity contribution in [3.63, 3.8) is 0 Å². The van der Waals surface area contributed by atoms with Gasteiger partial charge in [-0.25, -0.2) is 0 Å². The molecule has 1 aliphatic heterocycles. The number of amides is 3. The lowest BCUT2D eigenvalue weighted by atomic mass is 9.97. The monoisotopic (exact) mass is 414 g/mol. The van der Waals surface area contributed by atoms with Crippen molar-refractivity contribution < 1.29 is 34.2 Å². The van der Waals surface area contributed by atoms with Crippen LogP contribution in [-0.4, -0.2) is 71.1 Å². The Morgan fingerprint density at radius 3 is 2.28 bits per heavy atom. The summed E-state index contributed by atoms with van der Waals surface area (Å²) in [5.41, 5.74) is 0. The van der Waals surface area contributed by atoms with Crippen LogP contribution in [0.4, 0.5) is 0 Å². The Balaban J connectivity index is 2.85. The minimum absolute atomic E-state index is 0.210. The van der Waals surface area contributed by atoms with E-state index in [1.165, 1.54) is 0 Å². The van der Waals surface area contributed by atoms with Crippen LogP contribution in [0.15, 0.2) is 0 Å². The third-order valence-electron chi connectivity index (χ3n) is 4.86. The molecular formula is C18H30N4O7. The van der Waals surface area contributed by atoms with Gasteiger partial charge in [0.15, 0.2) is 0 Å². The molecule has 1 saturated heterocycles. The first-order valence-electron chi connectivity index (χ1n) is 9.71. The molecule has 1 rings (SSSR count). The molecule has 11 nitrogen and oxygen atoms in total. The number of carboxylic acids is 2. The predicted molar refractivity (Wildman–Crippen MR) is 102 cm³/mol. The first-order valence-corrected chi connectivity index (χ1v) is 9.71. The summed E-state index contributed by atoms with van der Waals surface area (Å²) < 4.78 is 0. The van der Waals surface area contributed by atoms with Gasteiger partial charge in [-0.3, -0.25) is 24.0 Å². The number of carbonyl (C=O) groups is 5. The molecule has 1 fully saturated rings. The van der Waals surface area contributed by atoms with Crippen molar-refractivity contribution in [2.24, 2.45) is 5.92 Å². The Morgan fingerprint density at radius 1 is 1.07 bits per heavy atom. The van der Waals surface area contributed by atoms with Gasteiger partial charge in [-0.1, -0.05) is 20.3 Å². The molecule has 0 spiro atoms. The summed E-state index contributed by atoms with van der Waals surface area (Å²) in [6, 6.07) is -2.52. The third kappa shape index (κ3) is 8.46. The lowest BCUT2D eigenvalue weighted by molar-refractivity contribution is -0.140. The molecule has 0 bridgehead atoms. The van der Waals surface area contributed by atoms with Crippen molar-refractivity contribution >= 4 is 29.7 Å². The summed E-state index contributed by atoms with van der Waals surface area (Å²) in [5, 5.41) is 27.9. The third-order valence-corrected chi connectivity index (χ3v) is 4.86. The molecule has 0 aromatic carbocycles. The van der Waals surface area contributed by atoms with E-state index in [2.05, 4.69) is 21.3 Å². The maximum absolute atomic E-state index is 12.8. The van der Waals surface area contributed by atoms with Crippen LogP contribution in [0.3, 0.4) is 0 Å². The van der Waals surface area contributed by atoms with E-state index in [0.717, 1.165) is 13.0 Å². The summed E-state index contributed by atoms with van der Waals surface area (Å²) in [5.74, 6) is -4.38. The Kier molecular flexibility index (Phi) is 10.1. The van der Waals surface area contributed by atoms with Gasteiger partial charge in [0.2, 0.25) is 17.7 Å². The Bertz CT molecular complexity index is 619. The van der Waals surface area contributed by atoms with Crippen LogP contribution in [0.2, 0.25) is 0 Å². The smallest absolute Gasteiger partial charge is 0.322 e. The second-order valence-corrected chi connectivity index (χ2v) is 7.13. The van der Waals surface area contributed by atoms with E-state index in [1.807, 2.05) is 6.92 Å². The number of hydrogen-bond donors (Lipinski definition) is 6. The first kappa shape index (κ1) is 24.3. The summed E-state index contributed by atoms with van der Waals surface area (Å²) in [4.78, 5) is 58.9. The molecule has 1 heterocycles. The Labute approximate surface area is 169 Å². The first-order chi connectivity index (χ1) is 13.6. The van der Waals surface area contributed by atoms with Crippen molar-refractivity contribution in [2.75, 3.05) is 13.1 Å². The van der Waals surface area contributed by atoms with E-state index >= 15 is 0 Å². The van der Waals surface area contributed by atoms with Gasteiger partial charge in [0.25, 0.3) is 0 Å². The van der Waals surface area contributed by atoms with E-state index in [-0.39, 0.29) is 24.3 Å². The zero-order chi connectivity index (χ0) is 22.0. The summed E-state index contributed by atoms with van der Waals surface area (Å²) in [7, 11) is 0. The maximum Gasteiger partial charge on any atom is 0.322 e. The molecule has 164 valence electrons. The van der Waals surface area contributed by atoms with Gasteiger partial charge in [0.1, 0.15) is 18.6 Å². The number of rotatable bonds is 12. The average Bonchev–Trinajstić information content (AvgIpc) is 3.21. The van der Waals surface area contributed by atoms with Crippen molar-refractivity contribution in [3.8, 4) is 0 Å². The van der Waals surface area contributed by atoms with Crippen LogP contribution in [0, 0.1) is 5.92 Å². The molecule has 1 aliphatic rings. The lowest BCUT2D eigenvalue weighted by Gasteiger charge is -2.27. The Morgan fingerprint density at radius 2 is 1.76 bits per heavy atom. The summed E-state index contributed by atoms with van der Waals surface area (Å²) >= 11 is 0. The fourth-order valence-corrected chi connectivity index (χ4v) is 2.95. The zero-order valence-corrected chi connectivity index (χ0v) is 16.7. The Hall–Kier alpha value is -2.69. The SMILES string of the molecule is CC[C@H](C)[C@H](NC(=O)[C@@H]1CCCN1)C(=O)N[C@@H](CCC(=O)O)C(=O)NCC(=O)O. The minimum atomic E-state index is -1.27. The fraction of sp³-hybridized carbons (Fsp3) is 0.722. The van der Waals surface area contributed by atoms with Crippen LogP contribution >= 0.6 is 0 Å². The molecule has 0 aliphatic carbocycles. The van der Waals surface area contributed by atoms with Crippen molar-refractivity contribution in [1.82, 2.24) is 21.3 Å². The van der Waals surface area contributed by atoms with Gasteiger partial charge < -0.3 is 31.5 Å². The number of aliphatic carboxylic acids is 2. The number of hydrogen-bond acceptors (Lipinski definition) is 6. The lowest BCUT2D eigenvalue weighted by Crippen LogP contribution is -2.57. The molecule has 29 heavy (non-hydrogen) atoms. The molecule has 0 radical (unpaired) electrons. The largest absolute Gasteiger partial charge is 0.481 e. The summed E-state index contributed by atoms with van der Waals surface area (Å²) in [6.45, 7) is 3.70. The second kappa shape index (κ2) is 12.0. The second-order valence-electron chi connectivity index (χ2n) is 7.13. The highest BCUT2D eigenvalue weighted by atomic mass is 16.4. The van der Waals surface area contributed by atoms with E-state index in [0.29, 0.717) is 12.8 Å². The molecular weight excluding hydrogens is 384 g/mol. The van der Waals surface area contributed by atoms with E-state index in [4.69, 9.17) is 10.2 Å². The molecule has 11 heteroatoms. The van der Waals surface area contributed by atoms with Gasteiger partial charge in [-0.05, 0) is 31.7 Å². The predicted octanol–water partition coefficient (Wildman–Crippen LogP) is -1.18. The van der Waals surface area contributed by atoms with Crippen LogP contribution in [0.1, 0.15) is 46.0 Å². The molecule has 6 N–H and O–H groups in total. The van der Waals surface area contributed by atoms with Crippen molar-refractivity contribution in [1.29, 1.82) is 0 Å². The molecule has 0 saturated carbocycles. The normalized spacial score (nSPS) is 18.9. The van der Waals surface area contributed by atoms with Crippen LogP contribution in [0.5, 0.6) is 0 Å². The van der Waals surface area contributed by atoms with Gasteiger partial charge in [0, 0.05) is 6.42 Å². The standard InChI is InChI=1S/C18H30N4O7/c1-3-10(2)15(22-17(28)11-5-4-8-19-11)18(29)21-12(6-7-13(23)24)16(27)20-9-14(25)26/h10-12,15,19H,3-9H2,1-2H3,(H,20,27)(H,21,29)(H,22,28)(H,23,24)(H,25,26)/t10-,11-,12-,15-/m0/s1. The highest BCUT2D eigenvalue weighted by Gasteiger charge is 2.32. The molecule has 0 unspecified atom stereocenters. The van der Waals surface area contributed by atoms with E-state index < -0.39 is 48.8 Å². The highest BCUT2D eigenvalue weighted by Crippen LogP contribution is 2.12. The maximum atomic E-state index is 12.8. The molecule has 0 aromatic rings. The van der Waals surface area contributed by atoms with Crippen LogP contribution in [-0.2, 0) is 24.0 Å².